The third-order valence-electron chi connectivity index (χ3n) is 4.19. The lowest BCUT2D eigenvalue weighted by atomic mass is 9.86. The second-order valence-electron chi connectivity index (χ2n) is 5.72. The van der Waals surface area contributed by atoms with Gasteiger partial charge in [0.1, 0.15) is 0 Å². The Morgan fingerprint density at radius 3 is 2.41 bits per heavy atom. The normalized spacial score (nSPS) is 21.0. The molecule has 0 heterocycles. The standard InChI is InChI=1S/C17H25NO4/c1-12-7-4-5-8-13(12)18-16(19)11-22-17-14(20-2)9-6-10-15(17)21-3/h6,9-10,12-13H,4-5,7-8,11H2,1-3H3,(H,18,19). The Bertz CT molecular complexity index is 481. The van der Waals surface area contributed by atoms with Gasteiger partial charge < -0.3 is 19.5 Å². The van der Waals surface area contributed by atoms with Crippen molar-refractivity contribution in [2.45, 2.75) is 38.6 Å². The van der Waals surface area contributed by atoms with E-state index in [4.69, 9.17) is 14.2 Å². The quantitative estimate of drug-likeness (QED) is 0.878. The van der Waals surface area contributed by atoms with Crippen LogP contribution in [0.15, 0.2) is 18.2 Å². The maximum Gasteiger partial charge on any atom is 0.258 e. The van der Waals surface area contributed by atoms with Crippen LogP contribution in [-0.4, -0.2) is 32.8 Å². The van der Waals surface area contributed by atoms with E-state index in [-0.39, 0.29) is 18.6 Å². The largest absolute Gasteiger partial charge is 0.493 e. The number of hydrogen-bond acceptors (Lipinski definition) is 4. The highest BCUT2D eigenvalue weighted by atomic mass is 16.5. The lowest BCUT2D eigenvalue weighted by molar-refractivity contribution is -0.124. The van der Waals surface area contributed by atoms with E-state index < -0.39 is 0 Å². The van der Waals surface area contributed by atoms with E-state index in [2.05, 4.69) is 12.2 Å². The average Bonchev–Trinajstić information content (AvgIpc) is 2.54. The zero-order valence-electron chi connectivity index (χ0n) is 13.6. The number of rotatable bonds is 6. The SMILES string of the molecule is COc1cccc(OC)c1OCC(=O)NC1CCCCC1C. The van der Waals surface area contributed by atoms with Crippen LogP contribution in [0.2, 0.25) is 0 Å². The van der Waals surface area contributed by atoms with E-state index in [0.29, 0.717) is 23.2 Å². The molecule has 5 nitrogen and oxygen atoms in total. The molecule has 122 valence electrons. The average molecular weight is 307 g/mol. The molecule has 22 heavy (non-hydrogen) atoms. The smallest absolute Gasteiger partial charge is 0.258 e. The summed E-state index contributed by atoms with van der Waals surface area (Å²) in [5, 5.41) is 3.07. The second kappa shape index (κ2) is 7.92. The Hall–Kier alpha value is -1.91. The molecule has 0 bridgehead atoms. The van der Waals surface area contributed by atoms with E-state index in [1.165, 1.54) is 19.3 Å². The minimum absolute atomic E-state index is 0.0417. The maximum atomic E-state index is 12.1. The number of carbonyl (C=O) groups excluding carboxylic acids is 1. The van der Waals surface area contributed by atoms with E-state index in [1.54, 1.807) is 26.4 Å². The molecule has 1 aromatic rings. The lowest BCUT2D eigenvalue weighted by Gasteiger charge is -2.29. The van der Waals surface area contributed by atoms with E-state index in [9.17, 15) is 4.79 Å². The summed E-state index contributed by atoms with van der Waals surface area (Å²) >= 11 is 0. The zero-order chi connectivity index (χ0) is 15.9. The van der Waals surface area contributed by atoms with Gasteiger partial charge in [-0.3, -0.25) is 4.79 Å². The predicted octanol–water partition coefficient (Wildman–Crippen LogP) is 2.78. The summed E-state index contributed by atoms with van der Waals surface area (Å²) in [6.45, 7) is 2.15. The topological polar surface area (TPSA) is 56.8 Å². The van der Waals surface area contributed by atoms with Crippen molar-refractivity contribution in [1.82, 2.24) is 5.32 Å². The minimum atomic E-state index is -0.105. The van der Waals surface area contributed by atoms with Crippen molar-refractivity contribution in [3.8, 4) is 17.2 Å². The number of nitrogens with one attached hydrogen (secondary N) is 1. The first-order valence-electron chi connectivity index (χ1n) is 7.79. The van der Waals surface area contributed by atoms with Gasteiger partial charge in [0.2, 0.25) is 5.75 Å². The molecule has 2 atom stereocenters. The molecule has 5 heteroatoms. The van der Waals surface area contributed by atoms with Gasteiger partial charge in [0.15, 0.2) is 18.1 Å². The van der Waals surface area contributed by atoms with Crippen LogP contribution < -0.4 is 19.5 Å². The Kier molecular flexibility index (Phi) is 5.92. The van der Waals surface area contributed by atoms with Gasteiger partial charge in [-0.2, -0.15) is 0 Å². The summed E-state index contributed by atoms with van der Waals surface area (Å²) in [4.78, 5) is 12.1. The molecule has 1 fully saturated rings. The molecular formula is C17H25NO4. The highest BCUT2D eigenvalue weighted by Gasteiger charge is 2.23. The van der Waals surface area contributed by atoms with Crippen molar-refractivity contribution in [3.63, 3.8) is 0 Å². The van der Waals surface area contributed by atoms with Gasteiger partial charge in [-0.05, 0) is 30.9 Å². The number of amides is 1. The number of ether oxygens (including phenoxy) is 3. The molecule has 1 saturated carbocycles. The van der Waals surface area contributed by atoms with E-state index in [1.807, 2.05) is 6.07 Å². The van der Waals surface area contributed by atoms with Gasteiger partial charge >= 0.3 is 0 Å². The molecule has 2 rings (SSSR count). The van der Waals surface area contributed by atoms with Crippen LogP contribution >= 0.6 is 0 Å². The van der Waals surface area contributed by atoms with Gasteiger partial charge in [0, 0.05) is 6.04 Å². The van der Waals surface area contributed by atoms with Crippen LogP contribution in [0, 0.1) is 5.92 Å². The third kappa shape index (κ3) is 4.06. The lowest BCUT2D eigenvalue weighted by Crippen LogP contribution is -2.43. The Labute approximate surface area is 131 Å². The summed E-state index contributed by atoms with van der Waals surface area (Å²) in [7, 11) is 3.12. The Morgan fingerprint density at radius 2 is 1.82 bits per heavy atom. The first kappa shape index (κ1) is 16.5. The number of para-hydroxylation sites is 1. The summed E-state index contributed by atoms with van der Waals surface area (Å²) in [6, 6.07) is 5.62. The summed E-state index contributed by atoms with van der Waals surface area (Å²) in [5.41, 5.74) is 0. The Morgan fingerprint density at radius 1 is 1.18 bits per heavy atom. The molecule has 0 aliphatic heterocycles. The van der Waals surface area contributed by atoms with Gasteiger partial charge in [-0.15, -0.1) is 0 Å². The molecule has 2 unspecified atom stereocenters. The molecule has 1 N–H and O–H groups in total. The zero-order valence-corrected chi connectivity index (χ0v) is 13.6. The van der Waals surface area contributed by atoms with Crippen LogP contribution in [0.3, 0.4) is 0 Å². The van der Waals surface area contributed by atoms with Crippen LogP contribution in [0.4, 0.5) is 0 Å². The van der Waals surface area contributed by atoms with Crippen molar-refractivity contribution in [2.75, 3.05) is 20.8 Å². The Balaban J connectivity index is 1.93. The molecule has 0 radical (unpaired) electrons. The maximum absolute atomic E-state index is 12.1. The molecule has 0 aromatic heterocycles. The minimum Gasteiger partial charge on any atom is -0.493 e. The molecule has 1 aliphatic rings. The number of methoxy groups -OCH3 is 2. The van der Waals surface area contributed by atoms with Gasteiger partial charge in [-0.1, -0.05) is 25.8 Å². The fourth-order valence-corrected chi connectivity index (χ4v) is 2.88. The summed E-state index contributed by atoms with van der Waals surface area (Å²) in [6.07, 6.45) is 4.65. The fourth-order valence-electron chi connectivity index (χ4n) is 2.88. The number of carbonyl (C=O) groups is 1. The number of benzene rings is 1. The van der Waals surface area contributed by atoms with E-state index in [0.717, 1.165) is 6.42 Å². The monoisotopic (exact) mass is 307 g/mol. The summed E-state index contributed by atoms with van der Waals surface area (Å²) in [5.74, 6) is 1.99. The van der Waals surface area contributed by atoms with Crippen molar-refractivity contribution in [1.29, 1.82) is 0 Å². The van der Waals surface area contributed by atoms with Gasteiger partial charge in [0.25, 0.3) is 5.91 Å². The predicted molar refractivity (Wildman–Crippen MR) is 84.6 cm³/mol. The van der Waals surface area contributed by atoms with Gasteiger partial charge in [0.05, 0.1) is 14.2 Å². The van der Waals surface area contributed by atoms with Crippen molar-refractivity contribution in [2.24, 2.45) is 5.92 Å². The van der Waals surface area contributed by atoms with Gasteiger partial charge in [-0.25, -0.2) is 0 Å². The summed E-state index contributed by atoms with van der Waals surface area (Å²) < 4.78 is 16.1. The molecule has 0 spiro atoms. The fraction of sp³-hybridized carbons (Fsp3) is 0.588. The first-order chi connectivity index (χ1) is 10.7. The highest BCUT2D eigenvalue weighted by Crippen LogP contribution is 2.36. The van der Waals surface area contributed by atoms with Crippen molar-refractivity contribution < 1.29 is 19.0 Å². The number of hydrogen-bond donors (Lipinski definition) is 1. The van der Waals surface area contributed by atoms with E-state index >= 15 is 0 Å². The van der Waals surface area contributed by atoms with Crippen LogP contribution in [-0.2, 0) is 4.79 Å². The van der Waals surface area contributed by atoms with Crippen molar-refractivity contribution in [3.05, 3.63) is 18.2 Å². The van der Waals surface area contributed by atoms with Crippen molar-refractivity contribution >= 4 is 5.91 Å². The first-order valence-corrected chi connectivity index (χ1v) is 7.79. The molecular weight excluding hydrogens is 282 g/mol. The molecule has 1 aromatic carbocycles. The van der Waals surface area contributed by atoms with Crippen LogP contribution in [0.5, 0.6) is 17.2 Å². The molecule has 1 aliphatic carbocycles. The molecule has 1 amide bonds. The van der Waals surface area contributed by atoms with Crippen LogP contribution in [0.1, 0.15) is 32.6 Å². The van der Waals surface area contributed by atoms with Crippen LogP contribution in [0.25, 0.3) is 0 Å². The molecule has 0 saturated heterocycles. The third-order valence-corrected chi connectivity index (χ3v) is 4.19. The second-order valence-corrected chi connectivity index (χ2v) is 5.72. The highest BCUT2D eigenvalue weighted by molar-refractivity contribution is 5.78.